The van der Waals surface area contributed by atoms with Gasteiger partial charge in [-0.15, -0.1) is 0 Å². The zero-order chi connectivity index (χ0) is 19.5. The SMILES string of the molecule is CC(=O)C[C@H](O)c1cccc([Si](C)(C)C)c1C(=O)N(C(C)C)C(C)C. The summed E-state index contributed by atoms with van der Waals surface area (Å²) in [5, 5.41) is 11.6. The normalized spacial score (nSPS) is 13.2. The van der Waals surface area contributed by atoms with Crippen LogP contribution in [0.3, 0.4) is 0 Å². The maximum absolute atomic E-state index is 13.5. The summed E-state index contributed by atoms with van der Waals surface area (Å²) in [5.41, 5.74) is 1.17. The van der Waals surface area contributed by atoms with Crippen molar-refractivity contribution in [1.82, 2.24) is 4.90 Å². The topological polar surface area (TPSA) is 57.6 Å². The van der Waals surface area contributed by atoms with E-state index in [1.54, 1.807) is 6.07 Å². The highest BCUT2D eigenvalue weighted by Crippen LogP contribution is 2.25. The number of Topliss-reactive ketones (excluding diaryl/α,β-unsaturated/α-hetero) is 1. The Kier molecular flexibility index (Phi) is 7.14. The van der Waals surface area contributed by atoms with Crippen LogP contribution in [0.25, 0.3) is 0 Å². The monoisotopic (exact) mass is 363 g/mol. The van der Waals surface area contributed by atoms with Gasteiger partial charge in [-0.3, -0.25) is 9.59 Å². The van der Waals surface area contributed by atoms with Gasteiger partial charge in [-0.05, 0) is 45.4 Å². The molecule has 0 heterocycles. The molecule has 0 saturated carbocycles. The molecule has 5 heteroatoms. The molecule has 0 fully saturated rings. The molecule has 0 saturated heterocycles. The van der Waals surface area contributed by atoms with E-state index in [-0.39, 0.29) is 30.2 Å². The summed E-state index contributed by atoms with van der Waals surface area (Å²) in [4.78, 5) is 26.8. The van der Waals surface area contributed by atoms with Gasteiger partial charge < -0.3 is 10.0 Å². The van der Waals surface area contributed by atoms with Crippen LogP contribution in [0.2, 0.25) is 19.6 Å². The van der Waals surface area contributed by atoms with Crippen LogP contribution in [0.15, 0.2) is 18.2 Å². The van der Waals surface area contributed by atoms with E-state index in [1.807, 2.05) is 44.7 Å². The molecular formula is C20H33NO3Si. The standard InChI is InChI=1S/C20H33NO3Si/c1-13(2)21(14(3)4)20(24)19-16(17(23)12-15(5)22)10-9-11-18(19)25(6,7)8/h9-11,13-14,17,23H,12H2,1-8H3/t17-/m0/s1. The van der Waals surface area contributed by atoms with Gasteiger partial charge in [0.2, 0.25) is 0 Å². The third kappa shape index (κ3) is 5.25. The lowest BCUT2D eigenvalue weighted by atomic mass is 9.97. The van der Waals surface area contributed by atoms with Crippen molar-refractivity contribution in [3.8, 4) is 0 Å². The Bertz CT molecular complexity index is 624. The molecule has 0 aliphatic rings. The van der Waals surface area contributed by atoms with Crippen LogP contribution in [-0.4, -0.2) is 41.9 Å². The molecule has 4 nitrogen and oxygen atoms in total. The summed E-state index contributed by atoms with van der Waals surface area (Å²) < 4.78 is 0. The fourth-order valence-corrected chi connectivity index (χ4v) is 4.89. The predicted molar refractivity (Wildman–Crippen MR) is 106 cm³/mol. The highest BCUT2D eigenvalue weighted by Gasteiger charge is 2.32. The Labute approximate surface area is 153 Å². The minimum absolute atomic E-state index is 0.0266. The third-order valence-electron chi connectivity index (χ3n) is 4.31. The molecule has 25 heavy (non-hydrogen) atoms. The van der Waals surface area contributed by atoms with Crippen molar-refractivity contribution in [3.63, 3.8) is 0 Å². The highest BCUT2D eigenvalue weighted by atomic mass is 28.3. The van der Waals surface area contributed by atoms with Gasteiger partial charge in [-0.1, -0.05) is 37.8 Å². The van der Waals surface area contributed by atoms with Crippen molar-refractivity contribution in [2.24, 2.45) is 0 Å². The first kappa shape index (κ1) is 21.6. The average molecular weight is 364 g/mol. The maximum atomic E-state index is 13.5. The van der Waals surface area contributed by atoms with Gasteiger partial charge in [-0.25, -0.2) is 0 Å². The lowest BCUT2D eigenvalue weighted by Crippen LogP contribution is -2.49. The van der Waals surface area contributed by atoms with Crippen LogP contribution in [0.4, 0.5) is 0 Å². The summed E-state index contributed by atoms with van der Waals surface area (Å²) in [5.74, 6) is -0.144. The molecule has 1 N–H and O–H groups in total. The molecule has 140 valence electrons. The van der Waals surface area contributed by atoms with Gasteiger partial charge in [0.1, 0.15) is 5.78 Å². The van der Waals surface area contributed by atoms with Crippen LogP contribution < -0.4 is 5.19 Å². The maximum Gasteiger partial charge on any atom is 0.254 e. The molecule has 1 aromatic carbocycles. The number of rotatable bonds is 7. The Balaban J connectivity index is 3.62. The number of benzene rings is 1. The van der Waals surface area contributed by atoms with Gasteiger partial charge in [0.25, 0.3) is 5.91 Å². The number of amides is 1. The number of nitrogens with zero attached hydrogens (tertiary/aromatic N) is 1. The zero-order valence-corrected chi connectivity index (χ0v) is 17.9. The summed E-state index contributed by atoms with van der Waals surface area (Å²) in [6, 6.07) is 5.78. The Morgan fingerprint density at radius 1 is 1.08 bits per heavy atom. The molecule has 1 aromatic rings. The second-order valence-corrected chi connectivity index (χ2v) is 13.4. The van der Waals surface area contributed by atoms with E-state index in [0.29, 0.717) is 11.1 Å². The molecule has 1 atom stereocenters. The fourth-order valence-electron chi connectivity index (χ4n) is 3.29. The predicted octanol–water partition coefficient (Wildman–Crippen LogP) is 3.50. The van der Waals surface area contributed by atoms with Crippen molar-refractivity contribution in [1.29, 1.82) is 0 Å². The van der Waals surface area contributed by atoms with Gasteiger partial charge >= 0.3 is 0 Å². The van der Waals surface area contributed by atoms with Crippen molar-refractivity contribution in [2.75, 3.05) is 0 Å². The number of aliphatic hydroxyl groups is 1. The molecule has 0 spiro atoms. The molecule has 0 radical (unpaired) electrons. The number of hydrogen-bond acceptors (Lipinski definition) is 3. The first-order chi connectivity index (χ1) is 11.4. The first-order valence-corrected chi connectivity index (χ1v) is 12.5. The van der Waals surface area contributed by atoms with E-state index in [2.05, 4.69) is 19.6 Å². The van der Waals surface area contributed by atoms with Crippen molar-refractivity contribution < 1.29 is 14.7 Å². The molecular weight excluding hydrogens is 330 g/mol. The lowest BCUT2D eigenvalue weighted by Gasteiger charge is -2.34. The number of ketones is 1. The third-order valence-corrected chi connectivity index (χ3v) is 6.34. The summed E-state index contributed by atoms with van der Waals surface area (Å²) in [6.45, 7) is 16.0. The largest absolute Gasteiger partial charge is 0.388 e. The van der Waals surface area contributed by atoms with Gasteiger partial charge in [-0.2, -0.15) is 0 Å². The average Bonchev–Trinajstić information content (AvgIpc) is 2.43. The molecule has 0 aliphatic carbocycles. The Hall–Kier alpha value is -1.46. The van der Waals surface area contributed by atoms with Crippen molar-refractivity contribution in [2.45, 2.75) is 78.9 Å². The minimum atomic E-state index is -1.82. The van der Waals surface area contributed by atoms with Crippen LogP contribution in [0, 0.1) is 0 Å². The van der Waals surface area contributed by atoms with Crippen molar-refractivity contribution in [3.05, 3.63) is 29.3 Å². The summed E-state index contributed by atoms with van der Waals surface area (Å²) >= 11 is 0. The van der Waals surface area contributed by atoms with E-state index in [9.17, 15) is 14.7 Å². The van der Waals surface area contributed by atoms with E-state index in [4.69, 9.17) is 0 Å². The summed E-state index contributed by atoms with van der Waals surface area (Å²) in [6.07, 6.45) is -0.923. The Morgan fingerprint density at radius 3 is 2.00 bits per heavy atom. The fraction of sp³-hybridized carbons (Fsp3) is 0.600. The van der Waals surface area contributed by atoms with Crippen LogP contribution in [-0.2, 0) is 4.79 Å². The quantitative estimate of drug-likeness (QED) is 0.754. The van der Waals surface area contributed by atoms with Crippen molar-refractivity contribution >= 4 is 25.0 Å². The minimum Gasteiger partial charge on any atom is -0.388 e. The molecule has 0 aliphatic heterocycles. The number of carbonyl (C=O) groups is 2. The molecule has 0 aromatic heterocycles. The Morgan fingerprint density at radius 2 is 1.60 bits per heavy atom. The van der Waals surface area contributed by atoms with Crippen LogP contribution in [0.1, 0.15) is 63.1 Å². The zero-order valence-electron chi connectivity index (χ0n) is 16.9. The summed E-state index contributed by atoms with van der Waals surface area (Å²) in [7, 11) is -1.82. The molecule has 1 rings (SSSR count). The lowest BCUT2D eigenvalue weighted by molar-refractivity contribution is -0.118. The van der Waals surface area contributed by atoms with E-state index < -0.39 is 14.2 Å². The van der Waals surface area contributed by atoms with Crippen LogP contribution >= 0.6 is 0 Å². The van der Waals surface area contributed by atoms with E-state index >= 15 is 0 Å². The van der Waals surface area contributed by atoms with Gasteiger partial charge in [0, 0.05) is 24.1 Å². The number of carbonyl (C=O) groups excluding carboxylic acids is 2. The van der Waals surface area contributed by atoms with Crippen LogP contribution in [0.5, 0.6) is 0 Å². The smallest absolute Gasteiger partial charge is 0.254 e. The second-order valence-electron chi connectivity index (χ2n) is 8.34. The second kappa shape index (κ2) is 8.28. The number of aliphatic hydroxyl groups excluding tert-OH is 1. The number of hydrogen-bond donors (Lipinski definition) is 1. The molecule has 0 unspecified atom stereocenters. The first-order valence-electron chi connectivity index (χ1n) is 9.01. The van der Waals surface area contributed by atoms with Gasteiger partial charge in [0.05, 0.1) is 14.2 Å². The molecule has 0 bridgehead atoms. The van der Waals surface area contributed by atoms with E-state index in [0.717, 1.165) is 5.19 Å². The van der Waals surface area contributed by atoms with E-state index in [1.165, 1.54) is 6.92 Å². The van der Waals surface area contributed by atoms with Gasteiger partial charge in [0.15, 0.2) is 0 Å². The molecule has 1 amide bonds. The highest BCUT2D eigenvalue weighted by molar-refractivity contribution is 6.89.